The Balaban J connectivity index is 1.68. The number of hydrogen-bond donors (Lipinski definition) is 0. The Morgan fingerprint density at radius 2 is 2.53 bits per heavy atom. The number of fused-ring (bicyclic) bond motifs is 1. The highest BCUT2D eigenvalue weighted by Crippen LogP contribution is 2.32. The number of thiophene rings is 1. The highest BCUT2D eigenvalue weighted by molar-refractivity contribution is 7.09. The average Bonchev–Trinajstić information content (AvgIpc) is 3.06. The zero-order chi connectivity index (χ0) is 13.1. The Labute approximate surface area is 118 Å². The van der Waals surface area contributed by atoms with Crippen LogP contribution in [0.5, 0.6) is 0 Å². The topological polar surface area (TPSA) is 21.7 Å². The van der Waals surface area contributed by atoms with E-state index >= 15 is 0 Å². The van der Waals surface area contributed by atoms with Gasteiger partial charge in [0.25, 0.3) is 0 Å². The van der Waals surface area contributed by atoms with E-state index in [1.807, 2.05) is 17.4 Å². The minimum absolute atomic E-state index is 0.197. The summed E-state index contributed by atoms with van der Waals surface area (Å²) in [5, 5.41) is 2.14. The second kappa shape index (κ2) is 6.18. The molecule has 1 aromatic heterocycles. The lowest BCUT2D eigenvalue weighted by Gasteiger charge is -2.32. The summed E-state index contributed by atoms with van der Waals surface area (Å²) in [5.41, 5.74) is 0. The van der Waals surface area contributed by atoms with Crippen molar-refractivity contribution in [3.05, 3.63) is 35.0 Å². The van der Waals surface area contributed by atoms with E-state index in [2.05, 4.69) is 29.0 Å². The van der Waals surface area contributed by atoms with E-state index in [4.69, 9.17) is 9.47 Å². The molecule has 0 radical (unpaired) electrons. The first-order valence-electron chi connectivity index (χ1n) is 6.99. The van der Waals surface area contributed by atoms with Gasteiger partial charge in [0.2, 0.25) is 0 Å². The lowest BCUT2D eigenvalue weighted by molar-refractivity contribution is -0.0720. The predicted octanol–water partition coefficient (Wildman–Crippen LogP) is 2.68. The summed E-state index contributed by atoms with van der Waals surface area (Å²) in [5.74, 6) is 0. The molecule has 0 spiro atoms. The SMILES string of the molecule is C=CCO[C@@H]1CN(Cc2cccs2)[C@@H]2CCCO[C@@H]21. The lowest BCUT2D eigenvalue weighted by Crippen LogP contribution is -2.41. The van der Waals surface area contributed by atoms with Gasteiger partial charge in [0.15, 0.2) is 0 Å². The van der Waals surface area contributed by atoms with Crippen LogP contribution in [0.2, 0.25) is 0 Å². The Hall–Kier alpha value is -0.680. The Morgan fingerprint density at radius 3 is 3.32 bits per heavy atom. The molecular weight excluding hydrogens is 258 g/mol. The van der Waals surface area contributed by atoms with Crippen molar-refractivity contribution in [3.63, 3.8) is 0 Å². The molecule has 0 aliphatic carbocycles. The van der Waals surface area contributed by atoms with E-state index in [9.17, 15) is 0 Å². The van der Waals surface area contributed by atoms with Gasteiger partial charge in [-0.25, -0.2) is 0 Å². The van der Waals surface area contributed by atoms with Crippen molar-refractivity contribution in [3.8, 4) is 0 Å². The molecule has 2 aliphatic heterocycles. The minimum atomic E-state index is 0.197. The third kappa shape index (κ3) is 2.92. The van der Waals surface area contributed by atoms with Gasteiger partial charge in [0.05, 0.1) is 12.7 Å². The Bertz CT molecular complexity index is 406. The fourth-order valence-electron chi connectivity index (χ4n) is 3.13. The van der Waals surface area contributed by atoms with Crippen LogP contribution in [0.25, 0.3) is 0 Å². The fraction of sp³-hybridized carbons (Fsp3) is 0.600. The molecule has 0 bridgehead atoms. The zero-order valence-electron chi connectivity index (χ0n) is 11.2. The van der Waals surface area contributed by atoms with Crippen LogP contribution in [-0.4, -0.2) is 42.9 Å². The van der Waals surface area contributed by atoms with E-state index in [0.29, 0.717) is 12.6 Å². The first-order chi connectivity index (χ1) is 9.38. The average molecular weight is 279 g/mol. The second-order valence-electron chi connectivity index (χ2n) is 5.21. The van der Waals surface area contributed by atoms with Crippen molar-refractivity contribution in [1.29, 1.82) is 0 Å². The van der Waals surface area contributed by atoms with Crippen LogP contribution in [0.1, 0.15) is 17.7 Å². The molecule has 3 rings (SSSR count). The van der Waals surface area contributed by atoms with Crippen LogP contribution in [0.3, 0.4) is 0 Å². The normalized spacial score (nSPS) is 31.3. The van der Waals surface area contributed by atoms with Gasteiger partial charge in [-0.15, -0.1) is 17.9 Å². The van der Waals surface area contributed by atoms with E-state index in [0.717, 1.165) is 26.1 Å². The number of likely N-dealkylation sites (tertiary alicyclic amines) is 1. The zero-order valence-corrected chi connectivity index (χ0v) is 12.0. The number of nitrogens with zero attached hydrogens (tertiary/aromatic N) is 1. The second-order valence-corrected chi connectivity index (χ2v) is 6.25. The minimum Gasteiger partial charge on any atom is -0.374 e. The van der Waals surface area contributed by atoms with E-state index in [1.165, 1.54) is 11.3 Å². The third-order valence-electron chi connectivity index (χ3n) is 3.95. The summed E-state index contributed by atoms with van der Waals surface area (Å²) in [4.78, 5) is 3.96. The third-order valence-corrected chi connectivity index (χ3v) is 4.81. The van der Waals surface area contributed by atoms with Crippen molar-refractivity contribution in [2.45, 2.75) is 37.6 Å². The molecule has 0 amide bonds. The molecule has 104 valence electrons. The van der Waals surface area contributed by atoms with Gasteiger partial charge in [-0.05, 0) is 24.3 Å². The maximum atomic E-state index is 5.96. The Kier molecular flexibility index (Phi) is 4.33. The monoisotopic (exact) mass is 279 g/mol. The van der Waals surface area contributed by atoms with Crippen LogP contribution in [0.15, 0.2) is 30.2 Å². The summed E-state index contributed by atoms with van der Waals surface area (Å²) in [6.07, 6.45) is 4.65. The summed E-state index contributed by atoms with van der Waals surface area (Å²) in [6.45, 7) is 7.22. The lowest BCUT2D eigenvalue weighted by atomic mass is 10.0. The summed E-state index contributed by atoms with van der Waals surface area (Å²) < 4.78 is 11.9. The van der Waals surface area contributed by atoms with Crippen LogP contribution < -0.4 is 0 Å². The van der Waals surface area contributed by atoms with Crippen molar-refractivity contribution in [2.24, 2.45) is 0 Å². The Morgan fingerprint density at radius 1 is 1.58 bits per heavy atom. The van der Waals surface area contributed by atoms with Gasteiger partial charge in [0.1, 0.15) is 6.10 Å². The first-order valence-corrected chi connectivity index (χ1v) is 7.87. The van der Waals surface area contributed by atoms with Gasteiger partial charge < -0.3 is 9.47 Å². The summed E-state index contributed by atoms with van der Waals surface area (Å²) in [7, 11) is 0. The number of hydrogen-bond acceptors (Lipinski definition) is 4. The molecule has 19 heavy (non-hydrogen) atoms. The molecular formula is C15H21NO2S. The number of ether oxygens (including phenoxy) is 2. The van der Waals surface area contributed by atoms with Gasteiger partial charge in [-0.2, -0.15) is 0 Å². The van der Waals surface area contributed by atoms with Crippen LogP contribution in [-0.2, 0) is 16.0 Å². The maximum Gasteiger partial charge on any atom is 0.100 e. The molecule has 2 fully saturated rings. The summed E-state index contributed by atoms with van der Waals surface area (Å²) >= 11 is 1.83. The standard InChI is InChI=1S/C15H21NO2S/c1-2-7-17-14-11-16(10-12-5-4-9-19-12)13-6-3-8-18-15(13)14/h2,4-5,9,13-15H,1,3,6-8,10-11H2/t13-,14-,15+/m1/s1. The molecule has 3 atom stereocenters. The van der Waals surface area contributed by atoms with Gasteiger partial charge in [0, 0.05) is 30.6 Å². The molecule has 0 saturated carbocycles. The van der Waals surface area contributed by atoms with Gasteiger partial charge >= 0.3 is 0 Å². The van der Waals surface area contributed by atoms with Gasteiger partial charge in [-0.3, -0.25) is 4.90 Å². The van der Waals surface area contributed by atoms with Gasteiger partial charge in [-0.1, -0.05) is 12.1 Å². The maximum absolute atomic E-state index is 5.96. The van der Waals surface area contributed by atoms with Crippen molar-refractivity contribution in [1.82, 2.24) is 4.90 Å². The molecule has 0 N–H and O–H groups in total. The molecule has 3 nitrogen and oxygen atoms in total. The first kappa shape index (κ1) is 13.3. The van der Waals surface area contributed by atoms with E-state index < -0.39 is 0 Å². The van der Waals surface area contributed by atoms with E-state index in [1.54, 1.807) is 0 Å². The van der Waals surface area contributed by atoms with Crippen molar-refractivity contribution >= 4 is 11.3 Å². The fourth-order valence-corrected chi connectivity index (χ4v) is 3.86. The van der Waals surface area contributed by atoms with Crippen molar-refractivity contribution in [2.75, 3.05) is 19.8 Å². The van der Waals surface area contributed by atoms with Crippen LogP contribution in [0, 0.1) is 0 Å². The molecule has 0 aromatic carbocycles. The van der Waals surface area contributed by atoms with Crippen LogP contribution >= 0.6 is 11.3 Å². The molecule has 2 saturated heterocycles. The largest absolute Gasteiger partial charge is 0.374 e. The quantitative estimate of drug-likeness (QED) is 0.774. The van der Waals surface area contributed by atoms with E-state index in [-0.39, 0.29) is 12.2 Å². The molecule has 0 unspecified atom stereocenters. The smallest absolute Gasteiger partial charge is 0.100 e. The highest BCUT2D eigenvalue weighted by Gasteiger charge is 2.44. The van der Waals surface area contributed by atoms with Crippen LogP contribution in [0.4, 0.5) is 0 Å². The number of rotatable bonds is 5. The molecule has 1 aromatic rings. The predicted molar refractivity (Wildman–Crippen MR) is 77.4 cm³/mol. The highest BCUT2D eigenvalue weighted by atomic mass is 32.1. The molecule has 4 heteroatoms. The molecule has 2 aliphatic rings. The van der Waals surface area contributed by atoms with Crippen molar-refractivity contribution < 1.29 is 9.47 Å². The summed E-state index contributed by atoms with van der Waals surface area (Å²) in [6, 6.07) is 4.85. The molecule has 3 heterocycles.